The van der Waals surface area contributed by atoms with Gasteiger partial charge in [-0.05, 0) is 19.1 Å². The minimum absolute atomic E-state index is 0.173. The summed E-state index contributed by atoms with van der Waals surface area (Å²) < 4.78 is 0. The van der Waals surface area contributed by atoms with Gasteiger partial charge >= 0.3 is 0 Å². The van der Waals surface area contributed by atoms with Crippen molar-refractivity contribution in [1.29, 1.82) is 0 Å². The van der Waals surface area contributed by atoms with Crippen molar-refractivity contribution in [2.75, 3.05) is 24.3 Å². The Labute approximate surface area is 110 Å². The Morgan fingerprint density at radius 1 is 1.33 bits per heavy atom. The number of anilines is 2. The standard InChI is InChI=1S/C13H15N3OS/c1-9-14-11(8-18-9)13(17)15-10-6-4-5-7-12(10)16(2)3/h4-8H,1-3H3,(H,15,17). The molecule has 1 amide bonds. The van der Waals surface area contributed by atoms with Gasteiger partial charge in [0.15, 0.2) is 0 Å². The molecule has 0 fully saturated rings. The topological polar surface area (TPSA) is 45.2 Å². The summed E-state index contributed by atoms with van der Waals surface area (Å²) >= 11 is 1.47. The van der Waals surface area contributed by atoms with E-state index in [1.807, 2.05) is 50.2 Å². The molecule has 1 heterocycles. The molecule has 0 aliphatic heterocycles. The largest absolute Gasteiger partial charge is 0.376 e. The van der Waals surface area contributed by atoms with Crippen LogP contribution in [0.5, 0.6) is 0 Å². The van der Waals surface area contributed by atoms with E-state index >= 15 is 0 Å². The highest BCUT2D eigenvalue weighted by molar-refractivity contribution is 7.09. The number of thiazole rings is 1. The maximum absolute atomic E-state index is 12.0. The third-order valence-electron chi connectivity index (χ3n) is 2.49. The molecule has 2 aromatic rings. The number of nitrogens with one attached hydrogen (secondary N) is 1. The van der Waals surface area contributed by atoms with Gasteiger partial charge in [-0.25, -0.2) is 4.98 Å². The molecule has 1 aromatic carbocycles. The zero-order valence-electron chi connectivity index (χ0n) is 10.6. The average molecular weight is 261 g/mol. The first-order chi connectivity index (χ1) is 8.58. The Morgan fingerprint density at radius 3 is 2.67 bits per heavy atom. The van der Waals surface area contributed by atoms with Crippen LogP contribution in [0.4, 0.5) is 11.4 Å². The number of hydrogen-bond donors (Lipinski definition) is 1. The molecular weight excluding hydrogens is 246 g/mol. The van der Waals surface area contributed by atoms with E-state index in [1.54, 1.807) is 5.38 Å². The molecule has 0 spiro atoms. The average Bonchev–Trinajstić information content (AvgIpc) is 2.76. The van der Waals surface area contributed by atoms with Crippen LogP contribution in [-0.4, -0.2) is 25.0 Å². The van der Waals surface area contributed by atoms with Crippen molar-refractivity contribution in [2.45, 2.75) is 6.92 Å². The van der Waals surface area contributed by atoms with Crippen LogP contribution < -0.4 is 10.2 Å². The predicted octanol–water partition coefficient (Wildman–Crippen LogP) is 2.77. The summed E-state index contributed by atoms with van der Waals surface area (Å²) in [5.74, 6) is -0.173. The zero-order valence-corrected chi connectivity index (χ0v) is 11.4. The first kappa shape index (κ1) is 12.6. The fourth-order valence-corrected chi connectivity index (χ4v) is 2.22. The van der Waals surface area contributed by atoms with E-state index in [4.69, 9.17) is 0 Å². The van der Waals surface area contributed by atoms with Crippen molar-refractivity contribution in [1.82, 2.24) is 4.98 Å². The van der Waals surface area contributed by atoms with Gasteiger partial charge in [0.2, 0.25) is 0 Å². The van der Waals surface area contributed by atoms with Crippen LogP contribution in [0.15, 0.2) is 29.6 Å². The first-order valence-corrected chi connectivity index (χ1v) is 6.45. The van der Waals surface area contributed by atoms with Crippen molar-refractivity contribution >= 4 is 28.6 Å². The summed E-state index contributed by atoms with van der Waals surface area (Å²) in [5, 5.41) is 5.54. The number of benzene rings is 1. The van der Waals surface area contributed by atoms with Gasteiger partial charge < -0.3 is 10.2 Å². The molecule has 0 saturated carbocycles. The smallest absolute Gasteiger partial charge is 0.275 e. The third-order valence-corrected chi connectivity index (χ3v) is 3.26. The summed E-state index contributed by atoms with van der Waals surface area (Å²) in [5.41, 5.74) is 2.22. The van der Waals surface area contributed by atoms with Gasteiger partial charge in [-0.15, -0.1) is 11.3 Å². The van der Waals surface area contributed by atoms with E-state index < -0.39 is 0 Å². The van der Waals surface area contributed by atoms with Gasteiger partial charge in [-0.1, -0.05) is 12.1 Å². The molecule has 1 aromatic heterocycles. The van der Waals surface area contributed by atoms with Crippen molar-refractivity contribution in [3.05, 3.63) is 40.3 Å². The van der Waals surface area contributed by atoms with Gasteiger partial charge in [0.1, 0.15) is 5.69 Å². The number of aromatic nitrogens is 1. The SMILES string of the molecule is Cc1nc(C(=O)Nc2ccccc2N(C)C)cs1. The number of hydrogen-bond acceptors (Lipinski definition) is 4. The van der Waals surface area contributed by atoms with Crippen LogP contribution in [0.3, 0.4) is 0 Å². The molecule has 0 atom stereocenters. The Bertz CT molecular complexity index is 563. The molecule has 0 aliphatic carbocycles. The number of amides is 1. The molecule has 0 bridgehead atoms. The highest BCUT2D eigenvalue weighted by Crippen LogP contribution is 2.24. The van der Waals surface area contributed by atoms with E-state index in [9.17, 15) is 4.79 Å². The molecule has 2 rings (SSSR count). The van der Waals surface area contributed by atoms with Gasteiger partial charge in [0.25, 0.3) is 5.91 Å². The minimum atomic E-state index is -0.173. The lowest BCUT2D eigenvalue weighted by atomic mass is 10.2. The Balaban J connectivity index is 2.22. The lowest BCUT2D eigenvalue weighted by Gasteiger charge is -2.17. The van der Waals surface area contributed by atoms with E-state index in [1.165, 1.54) is 11.3 Å². The molecule has 0 unspecified atom stereocenters. The fourth-order valence-electron chi connectivity index (χ4n) is 1.62. The Morgan fingerprint density at radius 2 is 2.06 bits per heavy atom. The molecule has 5 heteroatoms. The summed E-state index contributed by atoms with van der Waals surface area (Å²) in [7, 11) is 3.88. The lowest BCUT2D eigenvalue weighted by Crippen LogP contribution is -2.16. The van der Waals surface area contributed by atoms with Crippen LogP contribution in [0.1, 0.15) is 15.5 Å². The molecule has 18 heavy (non-hydrogen) atoms. The fraction of sp³-hybridized carbons (Fsp3) is 0.231. The van der Waals surface area contributed by atoms with Crippen LogP contribution in [0.25, 0.3) is 0 Å². The monoisotopic (exact) mass is 261 g/mol. The van der Waals surface area contributed by atoms with Crippen molar-refractivity contribution in [3.63, 3.8) is 0 Å². The molecule has 4 nitrogen and oxygen atoms in total. The number of aryl methyl sites for hydroxylation is 1. The van der Waals surface area contributed by atoms with E-state index in [0.717, 1.165) is 16.4 Å². The normalized spacial score (nSPS) is 10.2. The maximum Gasteiger partial charge on any atom is 0.275 e. The summed E-state index contributed by atoms with van der Waals surface area (Å²) in [6, 6.07) is 7.68. The number of rotatable bonds is 3. The van der Waals surface area contributed by atoms with Gasteiger partial charge in [0.05, 0.1) is 16.4 Å². The highest BCUT2D eigenvalue weighted by atomic mass is 32.1. The molecular formula is C13H15N3OS. The number of carbonyl (C=O) groups is 1. The number of carbonyl (C=O) groups excluding carboxylic acids is 1. The maximum atomic E-state index is 12.0. The molecule has 0 radical (unpaired) electrons. The highest BCUT2D eigenvalue weighted by Gasteiger charge is 2.12. The Kier molecular flexibility index (Phi) is 3.62. The first-order valence-electron chi connectivity index (χ1n) is 5.58. The quantitative estimate of drug-likeness (QED) is 0.924. The van der Waals surface area contributed by atoms with E-state index in [2.05, 4.69) is 10.3 Å². The van der Waals surface area contributed by atoms with Crippen molar-refractivity contribution in [3.8, 4) is 0 Å². The molecule has 0 aliphatic rings. The van der Waals surface area contributed by atoms with Crippen LogP contribution >= 0.6 is 11.3 Å². The van der Waals surface area contributed by atoms with Gasteiger partial charge in [-0.2, -0.15) is 0 Å². The Hall–Kier alpha value is -1.88. The lowest BCUT2D eigenvalue weighted by molar-refractivity contribution is 0.102. The third kappa shape index (κ3) is 2.68. The zero-order chi connectivity index (χ0) is 13.1. The van der Waals surface area contributed by atoms with Gasteiger partial charge in [0, 0.05) is 19.5 Å². The van der Waals surface area contributed by atoms with Gasteiger partial charge in [-0.3, -0.25) is 4.79 Å². The summed E-state index contributed by atoms with van der Waals surface area (Å²) in [6.45, 7) is 1.88. The predicted molar refractivity (Wildman–Crippen MR) is 75.6 cm³/mol. The van der Waals surface area contributed by atoms with Crippen LogP contribution in [0.2, 0.25) is 0 Å². The molecule has 1 N–H and O–H groups in total. The van der Waals surface area contributed by atoms with E-state index in [-0.39, 0.29) is 5.91 Å². The molecule has 94 valence electrons. The van der Waals surface area contributed by atoms with Crippen molar-refractivity contribution in [2.24, 2.45) is 0 Å². The van der Waals surface area contributed by atoms with E-state index in [0.29, 0.717) is 5.69 Å². The second-order valence-corrected chi connectivity index (χ2v) is 5.18. The number of nitrogens with zero attached hydrogens (tertiary/aromatic N) is 2. The minimum Gasteiger partial charge on any atom is -0.376 e. The number of para-hydroxylation sites is 2. The van der Waals surface area contributed by atoms with Crippen molar-refractivity contribution < 1.29 is 4.79 Å². The van der Waals surface area contributed by atoms with Crippen LogP contribution in [0, 0.1) is 6.92 Å². The molecule has 0 saturated heterocycles. The summed E-state index contributed by atoms with van der Waals surface area (Å²) in [4.78, 5) is 18.2. The summed E-state index contributed by atoms with van der Waals surface area (Å²) in [6.07, 6.45) is 0. The van der Waals surface area contributed by atoms with Crippen LogP contribution in [-0.2, 0) is 0 Å². The second-order valence-electron chi connectivity index (χ2n) is 4.12. The second kappa shape index (κ2) is 5.18.